The quantitative estimate of drug-likeness (QED) is 0.725. The Labute approximate surface area is 132 Å². The van der Waals surface area contributed by atoms with Gasteiger partial charge in [0.05, 0.1) is 11.8 Å². The highest BCUT2D eigenvalue weighted by Crippen LogP contribution is 2.38. The van der Waals surface area contributed by atoms with Gasteiger partial charge in [0, 0.05) is 13.1 Å². The maximum absolute atomic E-state index is 12.1. The first-order valence-electron chi connectivity index (χ1n) is 8.22. The fraction of sp³-hybridized carbons (Fsp3) is 0.556. The van der Waals surface area contributed by atoms with E-state index >= 15 is 0 Å². The Hall–Kier alpha value is -1.84. The summed E-state index contributed by atoms with van der Waals surface area (Å²) in [5.74, 6) is -0.239. The van der Waals surface area contributed by atoms with Crippen molar-refractivity contribution in [2.45, 2.75) is 46.1 Å². The van der Waals surface area contributed by atoms with Crippen molar-refractivity contribution in [2.24, 2.45) is 11.8 Å². The SMILES string of the molecule is CCCCCNC(=O)C1CC1C(=O)NCc1cccc(C)c1. The van der Waals surface area contributed by atoms with Crippen molar-refractivity contribution in [1.82, 2.24) is 10.6 Å². The third-order valence-corrected chi connectivity index (χ3v) is 4.09. The van der Waals surface area contributed by atoms with E-state index in [0.29, 0.717) is 13.0 Å². The van der Waals surface area contributed by atoms with Crippen LogP contribution in [0.3, 0.4) is 0 Å². The van der Waals surface area contributed by atoms with E-state index in [9.17, 15) is 9.59 Å². The fourth-order valence-electron chi connectivity index (χ4n) is 2.63. The first-order chi connectivity index (χ1) is 10.6. The van der Waals surface area contributed by atoms with Crippen LogP contribution in [0.2, 0.25) is 0 Å². The van der Waals surface area contributed by atoms with Gasteiger partial charge in [-0.1, -0.05) is 49.6 Å². The van der Waals surface area contributed by atoms with E-state index in [-0.39, 0.29) is 23.7 Å². The summed E-state index contributed by atoms with van der Waals surface area (Å²) in [7, 11) is 0. The molecule has 2 unspecified atom stereocenters. The zero-order valence-electron chi connectivity index (χ0n) is 13.5. The summed E-state index contributed by atoms with van der Waals surface area (Å²) in [6.07, 6.45) is 3.97. The second-order valence-electron chi connectivity index (χ2n) is 6.15. The van der Waals surface area contributed by atoms with Crippen molar-refractivity contribution < 1.29 is 9.59 Å². The standard InChI is InChI=1S/C18H26N2O2/c1-3-4-5-9-19-17(21)15-11-16(15)18(22)20-12-14-8-6-7-13(2)10-14/h6-8,10,15-16H,3-5,9,11-12H2,1-2H3,(H,19,21)(H,20,22). The van der Waals surface area contributed by atoms with E-state index < -0.39 is 0 Å². The summed E-state index contributed by atoms with van der Waals surface area (Å²) in [5.41, 5.74) is 2.28. The molecule has 0 bridgehead atoms. The number of benzene rings is 1. The van der Waals surface area contributed by atoms with Crippen LogP contribution in [0.15, 0.2) is 24.3 Å². The van der Waals surface area contributed by atoms with Crippen LogP contribution in [0.4, 0.5) is 0 Å². The molecule has 1 aliphatic carbocycles. The molecule has 4 nitrogen and oxygen atoms in total. The monoisotopic (exact) mass is 302 g/mol. The van der Waals surface area contributed by atoms with Gasteiger partial charge in [-0.2, -0.15) is 0 Å². The van der Waals surface area contributed by atoms with Crippen LogP contribution < -0.4 is 10.6 Å². The number of nitrogens with one attached hydrogen (secondary N) is 2. The summed E-state index contributed by atoms with van der Waals surface area (Å²) in [4.78, 5) is 24.0. The third kappa shape index (κ3) is 4.86. The Kier molecular flexibility index (Phi) is 5.99. The molecule has 1 fully saturated rings. The largest absolute Gasteiger partial charge is 0.356 e. The Bertz CT molecular complexity index is 528. The number of rotatable bonds is 8. The third-order valence-electron chi connectivity index (χ3n) is 4.09. The van der Waals surface area contributed by atoms with Crippen molar-refractivity contribution in [3.8, 4) is 0 Å². The predicted molar refractivity (Wildman–Crippen MR) is 87.2 cm³/mol. The lowest BCUT2D eigenvalue weighted by molar-refractivity contribution is -0.127. The number of amides is 2. The van der Waals surface area contributed by atoms with Crippen LogP contribution in [0.25, 0.3) is 0 Å². The molecular weight excluding hydrogens is 276 g/mol. The molecule has 4 heteroatoms. The number of aryl methyl sites for hydroxylation is 1. The van der Waals surface area contributed by atoms with Crippen LogP contribution in [0, 0.1) is 18.8 Å². The highest BCUT2D eigenvalue weighted by Gasteiger charge is 2.47. The summed E-state index contributed by atoms with van der Waals surface area (Å²) < 4.78 is 0. The van der Waals surface area contributed by atoms with Gasteiger partial charge in [-0.25, -0.2) is 0 Å². The summed E-state index contributed by atoms with van der Waals surface area (Å²) in [6, 6.07) is 8.08. The van der Waals surface area contributed by atoms with E-state index in [1.807, 2.05) is 25.1 Å². The van der Waals surface area contributed by atoms with Crippen molar-refractivity contribution in [3.05, 3.63) is 35.4 Å². The van der Waals surface area contributed by atoms with E-state index in [4.69, 9.17) is 0 Å². The van der Waals surface area contributed by atoms with Gasteiger partial charge >= 0.3 is 0 Å². The summed E-state index contributed by atoms with van der Waals surface area (Å²) in [5, 5.41) is 5.86. The zero-order chi connectivity index (χ0) is 15.9. The Morgan fingerprint density at radius 2 is 1.86 bits per heavy atom. The van der Waals surface area contributed by atoms with Crippen LogP contribution in [-0.4, -0.2) is 18.4 Å². The predicted octanol–water partition coefficient (Wildman–Crippen LogP) is 2.55. The van der Waals surface area contributed by atoms with Crippen LogP contribution in [0.5, 0.6) is 0 Å². The average Bonchev–Trinajstić information content (AvgIpc) is 3.30. The topological polar surface area (TPSA) is 58.2 Å². The lowest BCUT2D eigenvalue weighted by Crippen LogP contribution is -2.30. The minimum atomic E-state index is -0.143. The number of hydrogen-bond acceptors (Lipinski definition) is 2. The minimum Gasteiger partial charge on any atom is -0.356 e. The molecule has 2 rings (SSSR count). The average molecular weight is 302 g/mol. The lowest BCUT2D eigenvalue weighted by atomic mass is 10.1. The molecule has 0 aliphatic heterocycles. The van der Waals surface area contributed by atoms with Crippen molar-refractivity contribution in [2.75, 3.05) is 6.54 Å². The Morgan fingerprint density at radius 3 is 2.55 bits per heavy atom. The van der Waals surface area contributed by atoms with E-state index in [0.717, 1.165) is 31.4 Å². The molecule has 120 valence electrons. The Balaban J connectivity index is 1.68. The van der Waals surface area contributed by atoms with E-state index in [1.165, 1.54) is 5.56 Å². The maximum Gasteiger partial charge on any atom is 0.224 e. The van der Waals surface area contributed by atoms with Gasteiger partial charge in [0.2, 0.25) is 11.8 Å². The van der Waals surface area contributed by atoms with Crippen molar-refractivity contribution in [1.29, 1.82) is 0 Å². The molecule has 0 spiro atoms. The molecule has 1 aliphatic rings. The highest BCUT2D eigenvalue weighted by molar-refractivity contribution is 5.92. The summed E-state index contributed by atoms with van der Waals surface area (Å²) in [6.45, 7) is 5.42. The first kappa shape index (κ1) is 16.5. The first-order valence-corrected chi connectivity index (χ1v) is 8.22. The van der Waals surface area contributed by atoms with Gasteiger partial charge in [-0.05, 0) is 25.3 Å². The van der Waals surface area contributed by atoms with Crippen molar-refractivity contribution in [3.63, 3.8) is 0 Å². The molecule has 2 N–H and O–H groups in total. The normalized spacial score (nSPS) is 19.5. The van der Waals surface area contributed by atoms with Gasteiger partial charge in [0.25, 0.3) is 0 Å². The molecule has 1 aromatic carbocycles. The molecule has 0 heterocycles. The molecule has 2 amide bonds. The molecule has 22 heavy (non-hydrogen) atoms. The molecule has 0 saturated heterocycles. The minimum absolute atomic E-state index is 0.00443. The van der Waals surface area contributed by atoms with Crippen LogP contribution in [-0.2, 0) is 16.1 Å². The Morgan fingerprint density at radius 1 is 1.14 bits per heavy atom. The van der Waals surface area contributed by atoms with Gasteiger partial charge in [-0.3, -0.25) is 9.59 Å². The fourth-order valence-corrected chi connectivity index (χ4v) is 2.63. The van der Waals surface area contributed by atoms with Gasteiger partial charge < -0.3 is 10.6 Å². The maximum atomic E-state index is 12.1. The molecule has 0 radical (unpaired) electrons. The molecule has 2 atom stereocenters. The van der Waals surface area contributed by atoms with E-state index in [2.05, 4.69) is 23.6 Å². The molecule has 1 saturated carbocycles. The summed E-state index contributed by atoms with van der Waals surface area (Å²) >= 11 is 0. The number of carbonyl (C=O) groups excluding carboxylic acids is 2. The van der Waals surface area contributed by atoms with Gasteiger partial charge in [0.15, 0.2) is 0 Å². The van der Waals surface area contributed by atoms with Crippen LogP contribution in [0.1, 0.15) is 43.7 Å². The zero-order valence-corrected chi connectivity index (χ0v) is 13.5. The number of unbranched alkanes of at least 4 members (excludes halogenated alkanes) is 2. The molecular formula is C18H26N2O2. The van der Waals surface area contributed by atoms with Crippen molar-refractivity contribution >= 4 is 11.8 Å². The lowest BCUT2D eigenvalue weighted by Gasteiger charge is -2.06. The molecule has 1 aromatic rings. The smallest absolute Gasteiger partial charge is 0.224 e. The van der Waals surface area contributed by atoms with E-state index in [1.54, 1.807) is 0 Å². The van der Waals surface area contributed by atoms with Crippen LogP contribution >= 0.6 is 0 Å². The van der Waals surface area contributed by atoms with Gasteiger partial charge in [-0.15, -0.1) is 0 Å². The number of hydrogen-bond donors (Lipinski definition) is 2. The number of carbonyl (C=O) groups is 2. The second-order valence-corrected chi connectivity index (χ2v) is 6.15. The highest BCUT2D eigenvalue weighted by atomic mass is 16.2. The van der Waals surface area contributed by atoms with Gasteiger partial charge in [0.1, 0.15) is 0 Å². The second kappa shape index (κ2) is 7.97. The molecule has 0 aromatic heterocycles.